The number of ether oxygens (including phenoxy) is 1. The van der Waals surface area contributed by atoms with Crippen molar-refractivity contribution in [1.29, 1.82) is 0 Å². The van der Waals surface area contributed by atoms with Gasteiger partial charge in [-0.2, -0.15) is 0 Å². The van der Waals surface area contributed by atoms with Crippen LogP contribution < -0.4 is 10.2 Å². The number of nitrogens with one attached hydrogen (secondary N) is 1. The second kappa shape index (κ2) is 6.40. The Morgan fingerprint density at radius 2 is 1.74 bits per heavy atom. The normalized spacial score (nSPS) is 23.9. The van der Waals surface area contributed by atoms with E-state index in [1.807, 2.05) is 0 Å². The SMILES string of the molecule is CC(C)NCc1ccc(N2C[C@@H](C)O[C@@H](C)C2)cc1. The lowest BCUT2D eigenvalue weighted by Crippen LogP contribution is -2.45. The summed E-state index contributed by atoms with van der Waals surface area (Å²) < 4.78 is 5.77. The van der Waals surface area contributed by atoms with Crippen molar-refractivity contribution in [3.8, 4) is 0 Å². The summed E-state index contributed by atoms with van der Waals surface area (Å²) in [5.74, 6) is 0. The predicted octanol–water partition coefficient (Wildman–Crippen LogP) is 2.80. The maximum absolute atomic E-state index is 5.77. The fourth-order valence-electron chi connectivity index (χ4n) is 2.54. The average molecular weight is 262 g/mol. The van der Waals surface area contributed by atoms with E-state index in [4.69, 9.17) is 4.74 Å². The number of morpholine rings is 1. The molecular formula is C16H26N2O. The van der Waals surface area contributed by atoms with E-state index in [2.05, 4.69) is 62.2 Å². The van der Waals surface area contributed by atoms with Gasteiger partial charge in [0.15, 0.2) is 0 Å². The molecule has 19 heavy (non-hydrogen) atoms. The molecule has 0 bridgehead atoms. The summed E-state index contributed by atoms with van der Waals surface area (Å²) in [7, 11) is 0. The van der Waals surface area contributed by atoms with Crippen LogP contribution in [0.3, 0.4) is 0 Å². The van der Waals surface area contributed by atoms with Crippen molar-refractivity contribution in [3.05, 3.63) is 29.8 Å². The van der Waals surface area contributed by atoms with Crippen molar-refractivity contribution in [2.24, 2.45) is 0 Å². The van der Waals surface area contributed by atoms with E-state index < -0.39 is 0 Å². The molecule has 1 N–H and O–H groups in total. The van der Waals surface area contributed by atoms with Gasteiger partial charge in [-0.3, -0.25) is 0 Å². The summed E-state index contributed by atoms with van der Waals surface area (Å²) in [5.41, 5.74) is 2.64. The van der Waals surface area contributed by atoms with Gasteiger partial charge in [-0.05, 0) is 31.5 Å². The fraction of sp³-hybridized carbons (Fsp3) is 0.625. The highest BCUT2D eigenvalue weighted by atomic mass is 16.5. The molecule has 0 unspecified atom stereocenters. The summed E-state index contributed by atoms with van der Waals surface area (Å²) in [5, 5.41) is 3.44. The Morgan fingerprint density at radius 3 is 2.26 bits per heavy atom. The van der Waals surface area contributed by atoms with Crippen LogP contribution in [0.25, 0.3) is 0 Å². The number of hydrogen-bond acceptors (Lipinski definition) is 3. The molecule has 0 spiro atoms. The molecule has 0 radical (unpaired) electrons. The molecule has 1 aliphatic heterocycles. The highest BCUT2D eigenvalue weighted by molar-refractivity contribution is 5.48. The van der Waals surface area contributed by atoms with E-state index in [1.54, 1.807) is 0 Å². The molecule has 106 valence electrons. The third-order valence-corrected chi connectivity index (χ3v) is 3.44. The van der Waals surface area contributed by atoms with Gasteiger partial charge in [0.25, 0.3) is 0 Å². The number of anilines is 1. The van der Waals surface area contributed by atoms with Gasteiger partial charge in [-0.25, -0.2) is 0 Å². The van der Waals surface area contributed by atoms with E-state index in [0.717, 1.165) is 19.6 Å². The zero-order chi connectivity index (χ0) is 13.8. The van der Waals surface area contributed by atoms with Crippen molar-refractivity contribution in [1.82, 2.24) is 5.32 Å². The Balaban J connectivity index is 1.97. The van der Waals surface area contributed by atoms with Crippen LogP contribution in [0.15, 0.2) is 24.3 Å². The molecule has 3 heteroatoms. The first-order valence-electron chi connectivity index (χ1n) is 7.27. The molecule has 0 amide bonds. The Kier molecular flexibility index (Phi) is 4.83. The molecule has 1 fully saturated rings. The molecule has 3 nitrogen and oxygen atoms in total. The van der Waals surface area contributed by atoms with Crippen LogP contribution in [-0.2, 0) is 11.3 Å². The van der Waals surface area contributed by atoms with Gasteiger partial charge in [0.2, 0.25) is 0 Å². The molecule has 1 aromatic carbocycles. The van der Waals surface area contributed by atoms with Crippen LogP contribution in [-0.4, -0.2) is 31.3 Å². The van der Waals surface area contributed by atoms with Gasteiger partial charge in [-0.15, -0.1) is 0 Å². The van der Waals surface area contributed by atoms with Crippen LogP contribution in [0.2, 0.25) is 0 Å². The molecule has 2 atom stereocenters. The van der Waals surface area contributed by atoms with Crippen molar-refractivity contribution < 1.29 is 4.74 Å². The predicted molar refractivity (Wildman–Crippen MR) is 80.6 cm³/mol. The summed E-state index contributed by atoms with van der Waals surface area (Å²) in [4.78, 5) is 2.42. The van der Waals surface area contributed by atoms with E-state index in [1.165, 1.54) is 11.3 Å². The minimum atomic E-state index is 0.311. The Bertz CT molecular complexity index is 378. The minimum Gasteiger partial charge on any atom is -0.372 e. The molecule has 0 aromatic heterocycles. The quantitative estimate of drug-likeness (QED) is 0.903. The highest BCUT2D eigenvalue weighted by Crippen LogP contribution is 2.20. The average Bonchev–Trinajstić information content (AvgIpc) is 2.36. The van der Waals surface area contributed by atoms with Gasteiger partial charge < -0.3 is 15.0 Å². The Morgan fingerprint density at radius 1 is 1.16 bits per heavy atom. The molecule has 1 heterocycles. The lowest BCUT2D eigenvalue weighted by molar-refractivity contribution is -0.00521. The smallest absolute Gasteiger partial charge is 0.0726 e. The van der Waals surface area contributed by atoms with E-state index in [9.17, 15) is 0 Å². The number of rotatable bonds is 4. The van der Waals surface area contributed by atoms with Crippen molar-refractivity contribution in [3.63, 3.8) is 0 Å². The minimum absolute atomic E-state index is 0.311. The van der Waals surface area contributed by atoms with Crippen LogP contribution in [0.4, 0.5) is 5.69 Å². The molecule has 0 saturated carbocycles. The first-order chi connectivity index (χ1) is 9.04. The van der Waals surface area contributed by atoms with Crippen molar-refractivity contribution in [2.75, 3.05) is 18.0 Å². The van der Waals surface area contributed by atoms with Gasteiger partial charge in [0.05, 0.1) is 12.2 Å². The molecule has 0 aliphatic carbocycles. The third kappa shape index (κ3) is 4.22. The van der Waals surface area contributed by atoms with Crippen LogP contribution in [0, 0.1) is 0 Å². The zero-order valence-electron chi connectivity index (χ0n) is 12.5. The number of benzene rings is 1. The third-order valence-electron chi connectivity index (χ3n) is 3.44. The molecule has 1 saturated heterocycles. The Hall–Kier alpha value is -1.06. The monoisotopic (exact) mass is 262 g/mol. The molecule has 1 aromatic rings. The van der Waals surface area contributed by atoms with E-state index in [-0.39, 0.29) is 0 Å². The second-order valence-electron chi connectivity index (χ2n) is 5.86. The fourth-order valence-corrected chi connectivity index (χ4v) is 2.54. The summed E-state index contributed by atoms with van der Waals surface area (Å²) in [6.45, 7) is 11.5. The second-order valence-corrected chi connectivity index (χ2v) is 5.86. The standard InChI is InChI=1S/C16H26N2O/c1-12(2)17-9-15-5-7-16(8-6-15)18-10-13(3)19-14(4)11-18/h5-8,12-14,17H,9-11H2,1-4H3/t13-,14+. The van der Waals surface area contributed by atoms with Gasteiger partial charge >= 0.3 is 0 Å². The summed E-state index contributed by atoms with van der Waals surface area (Å²) in [6, 6.07) is 9.41. The lowest BCUT2D eigenvalue weighted by Gasteiger charge is -2.36. The van der Waals surface area contributed by atoms with Crippen molar-refractivity contribution in [2.45, 2.75) is 52.5 Å². The summed E-state index contributed by atoms with van der Waals surface area (Å²) in [6.07, 6.45) is 0.622. The number of nitrogens with zero attached hydrogens (tertiary/aromatic N) is 1. The van der Waals surface area contributed by atoms with Gasteiger partial charge in [0, 0.05) is 31.4 Å². The van der Waals surface area contributed by atoms with Crippen LogP contribution >= 0.6 is 0 Å². The molecule has 2 rings (SSSR count). The van der Waals surface area contributed by atoms with Crippen LogP contribution in [0.1, 0.15) is 33.3 Å². The summed E-state index contributed by atoms with van der Waals surface area (Å²) >= 11 is 0. The molecular weight excluding hydrogens is 236 g/mol. The topological polar surface area (TPSA) is 24.5 Å². The van der Waals surface area contributed by atoms with E-state index in [0.29, 0.717) is 18.2 Å². The maximum Gasteiger partial charge on any atom is 0.0726 e. The van der Waals surface area contributed by atoms with Crippen LogP contribution in [0.5, 0.6) is 0 Å². The largest absolute Gasteiger partial charge is 0.372 e. The van der Waals surface area contributed by atoms with Gasteiger partial charge in [0.1, 0.15) is 0 Å². The maximum atomic E-state index is 5.77. The lowest BCUT2D eigenvalue weighted by atomic mass is 10.1. The van der Waals surface area contributed by atoms with Crippen molar-refractivity contribution >= 4 is 5.69 Å². The molecule has 1 aliphatic rings. The van der Waals surface area contributed by atoms with Gasteiger partial charge in [-0.1, -0.05) is 26.0 Å². The van der Waals surface area contributed by atoms with E-state index >= 15 is 0 Å². The first-order valence-corrected chi connectivity index (χ1v) is 7.27. The highest BCUT2D eigenvalue weighted by Gasteiger charge is 2.22. The Labute approximate surface area is 116 Å². The number of hydrogen-bond donors (Lipinski definition) is 1. The first kappa shape index (κ1) is 14.4. The zero-order valence-corrected chi connectivity index (χ0v) is 12.5.